The zero-order chi connectivity index (χ0) is 13.1. The van der Waals surface area contributed by atoms with Crippen molar-refractivity contribution in [2.45, 2.75) is 23.9 Å². The molecule has 0 spiro atoms. The van der Waals surface area contributed by atoms with Crippen LogP contribution in [0.5, 0.6) is 0 Å². The Bertz CT molecular complexity index is 414. The van der Waals surface area contributed by atoms with Crippen molar-refractivity contribution in [3.05, 3.63) is 35.9 Å². The molecule has 1 fully saturated rings. The van der Waals surface area contributed by atoms with Crippen LogP contribution in [0.2, 0.25) is 0 Å². The molecule has 4 atom stereocenters. The first-order valence-corrected chi connectivity index (χ1v) is 5.87. The fourth-order valence-electron chi connectivity index (χ4n) is 1.64. The lowest BCUT2D eigenvalue weighted by molar-refractivity contribution is -0.105. The van der Waals surface area contributed by atoms with E-state index in [1.54, 1.807) is 30.3 Å². The molecule has 1 N–H and O–H groups in total. The van der Waals surface area contributed by atoms with Gasteiger partial charge in [-0.3, -0.25) is 0 Å². The van der Waals surface area contributed by atoms with Crippen LogP contribution in [-0.4, -0.2) is 41.6 Å². The summed E-state index contributed by atoms with van der Waals surface area (Å²) in [5.74, 6) is -0.570. The maximum absolute atomic E-state index is 13.5. The minimum absolute atomic E-state index is 0.283. The zero-order valence-corrected chi connectivity index (χ0v) is 10.1. The lowest BCUT2D eigenvalue weighted by Gasteiger charge is -2.12. The third kappa shape index (κ3) is 2.80. The van der Waals surface area contributed by atoms with Crippen LogP contribution in [0.4, 0.5) is 4.39 Å². The molecule has 0 unspecified atom stereocenters. The summed E-state index contributed by atoms with van der Waals surface area (Å²) in [6, 6.07) is 8.33. The Labute approximate surface area is 108 Å². The lowest BCUT2D eigenvalue weighted by atomic mass is 10.2. The fraction of sp³-hybridized carbons (Fsp3) is 0.417. The predicted octanol–water partition coefficient (Wildman–Crippen LogP) is 1.51. The number of carbonyl (C=O) groups is 1. The number of hydrogen-bond acceptors (Lipinski definition) is 4. The number of aliphatic hydroxyl groups is 1. The summed E-state index contributed by atoms with van der Waals surface area (Å²) >= 11 is 5.55. The van der Waals surface area contributed by atoms with Crippen LogP contribution in [0.1, 0.15) is 10.4 Å². The lowest BCUT2D eigenvalue weighted by Crippen LogP contribution is -2.28. The van der Waals surface area contributed by atoms with Crippen LogP contribution in [0, 0.1) is 0 Å². The molecule has 2 rings (SSSR count). The molecule has 1 aliphatic heterocycles. The molecule has 1 aromatic rings. The Morgan fingerprint density at radius 3 is 2.67 bits per heavy atom. The van der Waals surface area contributed by atoms with Gasteiger partial charge in [-0.2, -0.15) is 0 Å². The maximum Gasteiger partial charge on any atom is 0.338 e. The molecular weight excluding hydrogens is 263 g/mol. The number of rotatable bonds is 3. The van der Waals surface area contributed by atoms with Crippen molar-refractivity contribution >= 4 is 17.6 Å². The summed E-state index contributed by atoms with van der Waals surface area (Å²) in [4.78, 5) is 11.6. The van der Waals surface area contributed by atoms with Gasteiger partial charge in [-0.15, -0.1) is 11.6 Å². The summed E-state index contributed by atoms with van der Waals surface area (Å²) in [6.07, 6.45) is -3.97. The van der Waals surface area contributed by atoms with Crippen LogP contribution in [0.3, 0.4) is 0 Å². The van der Waals surface area contributed by atoms with E-state index in [1.807, 2.05) is 0 Å². The van der Waals surface area contributed by atoms with E-state index >= 15 is 0 Å². The zero-order valence-electron chi connectivity index (χ0n) is 9.33. The van der Waals surface area contributed by atoms with Crippen molar-refractivity contribution in [3.63, 3.8) is 0 Å². The molecule has 18 heavy (non-hydrogen) atoms. The van der Waals surface area contributed by atoms with Crippen LogP contribution in [0.25, 0.3) is 0 Å². The second-order valence-corrected chi connectivity index (χ2v) is 4.42. The van der Waals surface area contributed by atoms with E-state index in [2.05, 4.69) is 0 Å². The summed E-state index contributed by atoms with van der Waals surface area (Å²) in [5.41, 5.74) is 0.369. The number of alkyl halides is 2. The highest BCUT2D eigenvalue weighted by Gasteiger charge is 2.43. The molecule has 1 aromatic carbocycles. The van der Waals surface area contributed by atoms with Crippen molar-refractivity contribution in [2.24, 2.45) is 0 Å². The van der Waals surface area contributed by atoms with Gasteiger partial charge in [0.2, 0.25) is 0 Å². The van der Waals surface area contributed by atoms with Gasteiger partial charge >= 0.3 is 5.97 Å². The first-order valence-electron chi connectivity index (χ1n) is 5.43. The van der Waals surface area contributed by atoms with Gasteiger partial charge in [0.15, 0.2) is 12.5 Å². The Kier molecular flexibility index (Phi) is 4.16. The van der Waals surface area contributed by atoms with Crippen LogP contribution < -0.4 is 0 Å². The Hall–Kier alpha value is -1.17. The first-order chi connectivity index (χ1) is 8.59. The SMILES string of the molecule is O=C(OC[C@H]1O[C@H](O)[C@H](Cl)[C@@H]1F)c1ccccc1. The van der Waals surface area contributed by atoms with Gasteiger partial charge in [0.05, 0.1) is 5.56 Å². The number of carbonyl (C=O) groups excluding carboxylic acids is 1. The van der Waals surface area contributed by atoms with Crippen LogP contribution in [-0.2, 0) is 9.47 Å². The number of benzene rings is 1. The number of esters is 1. The number of ether oxygens (including phenoxy) is 2. The van der Waals surface area contributed by atoms with Gasteiger partial charge < -0.3 is 14.6 Å². The van der Waals surface area contributed by atoms with E-state index in [4.69, 9.17) is 21.1 Å². The van der Waals surface area contributed by atoms with E-state index in [0.29, 0.717) is 5.56 Å². The first kappa shape index (κ1) is 13.3. The van der Waals surface area contributed by atoms with Crippen molar-refractivity contribution in [1.29, 1.82) is 0 Å². The number of halogens is 2. The maximum atomic E-state index is 13.5. The van der Waals surface area contributed by atoms with E-state index in [1.165, 1.54) is 0 Å². The molecule has 6 heteroatoms. The number of aliphatic hydroxyl groups excluding tert-OH is 1. The Morgan fingerprint density at radius 2 is 2.11 bits per heavy atom. The highest BCUT2D eigenvalue weighted by Crippen LogP contribution is 2.27. The largest absolute Gasteiger partial charge is 0.459 e. The van der Waals surface area contributed by atoms with Gasteiger partial charge in [0.1, 0.15) is 18.1 Å². The summed E-state index contributed by atoms with van der Waals surface area (Å²) in [7, 11) is 0. The highest BCUT2D eigenvalue weighted by atomic mass is 35.5. The molecule has 1 heterocycles. The molecule has 0 saturated carbocycles. The standard InChI is InChI=1S/C12H12ClFO4/c13-9-10(14)8(18-12(9)16)6-17-11(15)7-4-2-1-3-5-7/h1-5,8-10,12,16H,6H2/t8-,9-,10-,12+/m1/s1. The molecule has 1 saturated heterocycles. The molecule has 0 radical (unpaired) electrons. The van der Waals surface area contributed by atoms with Crippen molar-refractivity contribution < 1.29 is 23.8 Å². The van der Waals surface area contributed by atoms with Gasteiger partial charge in [-0.05, 0) is 12.1 Å². The molecular formula is C12H12ClFO4. The van der Waals surface area contributed by atoms with Crippen molar-refractivity contribution in [2.75, 3.05) is 6.61 Å². The van der Waals surface area contributed by atoms with Gasteiger partial charge in [-0.1, -0.05) is 18.2 Å². The minimum Gasteiger partial charge on any atom is -0.459 e. The molecule has 4 nitrogen and oxygen atoms in total. The second kappa shape index (κ2) is 5.65. The highest BCUT2D eigenvalue weighted by molar-refractivity contribution is 6.21. The third-order valence-corrected chi connectivity index (χ3v) is 3.09. The van der Waals surface area contributed by atoms with E-state index in [0.717, 1.165) is 0 Å². The Balaban J connectivity index is 1.88. The summed E-state index contributed by atoms with van der Waals surface area (Å²) < 4.78 is 23.2. The molecule has 0 amide bonds. The van der Waals surface area contributed by atoms with Gasteiger partial charge in [-0.25, -0.2) is 9.18 Å². The van der Waals surface area contributed by atoms with Crippen LogP contribution >= 0.6 is 11.6 Å². The summed E-state index contributed by atoms with van der Waals surface area (Å²) in [5, 5.41) is 8.05. The molecule has 98 valence electrons. The van der Waals surface area contributed by atoms with Crippen LogP contribution in [0.15, 0.2) is 30.3 Å². The minimum atomic E-state index is -1.56. The summed E-state index contributed by atoms with van der Waals surface area (Å²) in [6.45, 7) is -0.283. The predicted molar refractivity (Wildman–Crippen MR) is 62.1 cm³/mol. The monoisotopic (exact) mass is 274 g/mol. The average molecular weight is 275 g/mol. The smallest absolute Gasteiger partial charge is 0.338 e. The van der Waals surface area contributed by atoms with E-state index < -0.39 is 29.9 Å². The topological polar surface area (TPSA) is 55.8 Å². The van der Waals surface area contributed by atoms with Crippen molar-refractivity contribution in [1.82, 2.24) is 0 Å². The second-order valence-electron chi connectivity index (χ2n) is 3.92. The molecule has 1 aliphatic rings. The van der Waals surface area contributed by atoms with Gasteiger partial charge in [0, 0.05) is 0 Å². The fourth-order valence-corrected chi connectivity index (χ4v) is 1.86. The van der Waals surface area contributed by atoms with Gasteiger partial charge in [0.25, 0.3) is 0 Å². The number of hydrogen-bond donors (Lipinski definition) is 1. The molecule has 0 bridgehead atoms. The Morgan fingerprint density at radius 1 is 1.44 bits per heavy atom. The van der Waals surface area contributed by atoms with E-state index in [-0.39, 0.29) is 6.61 Å². The molecule has 0 aliphatic carbocycles. The van der Waals surface area contributed by atoms with E-state index in [9.17, 15) is 14.3 Å². The average Bonchev–Trinajstić information content (AvgIpc) is 2.64. The normalized spacial score (nSPS) is 31.3. The quantitative estimate of drug-likeness (QED) is 0.670. The molecule has 0 aromatic heterocycles. The third-order valence-electron chi connectivity index (χ3n) is 2.63. The van der Waals surface area contributed by atoms with Crippen molar-refractivity contribution in [3.8, 4) is 0 Å².